The molecule has 2 aromatic heterocycles. The molecule has 0 aliphatic carbocycles. The number of fused-ring (bicyclic) bond motifs is 1. The highest BCUT2D eigenvalue weighted by Crippen LogP contribution is 2.35. The molecule has 0 radical (unpaired) electrons. The first kappa shape index (κ1) is 17.7. The highest BCUT2D eigenvalue weighted by atomic mass is 16.1. The average Bonchev–Trinajstić information content (AvgIpc) is 3.15. The summed E-state index contributed by atoms with van der Waals surface area (Å²) in [4.78, 5) is 19.3. The number of hydrogen-bond acceptors (Lipinski definition) is 7. The Morgan fingerprint density at radius 3 is 2.64 bits per heavy atom. The molecule has 0 spiro atoms. The second kappa shape index (κ2) is 7.10. The number of anilines is 3. The third kappa shape index (κ3) is 3.18. The summed E-state index contributed by atoms with van der Waals surface area (Å²) in [5.74, 6) is 0.720. The third-order valence-electron chi connectivity index (χ3n) is 4.59. The van der Waals surface area contributed by atoms with Crippen molar-refractivity contribution in [1.29, 1.82) is 0 Å². The lowest BCUT2D eigenvalue weighted by Crippen LogP contribution is -2.31. The van der Waals surface area contributed by atoms with Gasteiger partial charge in [0.1, 0.15) is 11.9 Å². The molecule has 0 saturated carbocycles. The van der Waals surface area contributed by atoms with Crippen molar-refractivity contribution in [1.82, 2.24) is 25.2 Å². The lowest BCUT2D eigenvalue weighted by molar-refractivity contribution is -0.113. The van der Waals surface area contributed by atoms with Crippen LogP contribution < -0.4 is 15.5 Å². The molecule has 1 aliphatic heterocycles. The summed E-state index contributed by atoms with van der Waals surface area (Å²) in [5.41, 5.74) is 3.20. The van der Waals surface area contributed by atoms with E-state index in [2.05, 4.69) is 31.1 Å². The fourth-order valence-corrected chi connectivity index (χ4v) is 3.19. The molecule has 28 heavy (non-hydrogen) atoms. The molecule has 1 aromatic carbocycles. The van der Waals surface area contributed by atoms with Gasteiger partial charge >= 0.3 is 0 Å². The molecule has 142 valence electrons. The number of amides is 1. The number of pyridine rings is 1. The maximum absolute atomic E-state index is 13.1. The summed E-state index contributed by atoms with van der Waals surface area (Å²) in [5, 5.41) is 17.8. The van der Waals surface area contributed by atoms with Crippen molar-refractivity contribution in [2.24, 2.45) is 0 Å². The molecule has 3 aromatic rings. The van der Waals surface area contributed by atoms with Gasteiger partial charge in [-0.25, -0.2) is 4.98 Å². The number of carbonyl (C=O) groups is 1. The Balaban J connectivity index is 1.75. The first-order chi connectivity index (χ1) is 13.5. The monoisotopic (exact) mass is 376 g/mol. The van der Waals surface area contributed by atoms with E-state index in [1.807, 2.05) is 56.3 Å². The van der Waals surface area contributed by atoms with Crippen molar-refractivity contribution in [3.8, 4) is 0 Å². The van der Waals surface area contributed by atoms with E-state index in [4.69, 9.17) is 0 Å². The minimum atomic E-state index is -0.453. The number of carbonyl (C=O) groups excluding carboxylic acids is 1. The normalized spacial score (nSPS) is 15.6. The van der Waals surface area contributed by atoms with E-state index in [9.17, 15) is 4.79 Å². The average molecular weight is 376 g/mol. The molecular weight excluding hydrogens is 356 g/mol. The van der Waals surface area contributed by atoms with E-state index in [0.717, 1.165) is 11.3 Å². The molecule has 2 N–H and O–H groups in total. The van der Waals surface area contributed by atoms with Crippen molar-refractivity contribution in [2.45, 2.75) is 13.0 Å². The van der Waals surface area contributed by atoms with Crippen LogP contribution in [-0.2, 0) is 4.79 Å². The van der Waals surface area contributed by atoms with Crippen LogP contribution in [-0.4, -0.2) is 45.2 Å². The zero-order valence-electron chi connectivity index (χ0n) is 15.8. The van der Waals surface area contributed by atoms with Crippen LogP contribution in [0.4, 0.5) is 17.5 Å². The second-order valence-electron chi connectivity index (χ2n) is 6.67. The summed E-state index contributed by atoms with van der Waals surface area (Å²) in [6.07, 6.45) is 1.63. The van der Waals surface area contributed by atoms with E-state index >= 15 is 0 Å². The van der Waals surface area contributed by atoms with Gasteiger partial charge in [-0.15, -0.1) is 0 Å². The zero-order chi connectivity index (χ0) is 19.7. The number of benzene rings is 1. The Hall–Kier alpha value is -3.75. The van der Waals surface area contributed by atoms with Crippen LogP contribution in [0.3, 0.4) is 0 Å². The maximum Gasteiger partial charge on any atom is 0.257 e. The number of allylic oxidation sites excluding steroid dienone is 1. The first-order valence-electron chi connectivity index (χ1n) is 8.80. The number of rotatable bonds is 4. The van der Waals surface area contributed by atoms with Gasteiger partial charge in [0, 0.05) is 31.7 Å². The molecule has 3 heterocycles. The first-order valence-corrected chi connectivity index (χ1v) is 8.80. The van der Waals surface area contributed by atoms with Gasteiger partial charge in [-0.05, 0) is 47.2 Å². The van der Waals surface area contributed by atoms with Crippen LogP contribution >= 0.6 is 0 Å². The predicted octanol–water partition coefficient (Wildman–Crippen LogP) is 2.06. The SMILES string of the molecule is CC1=C(C(=O)Nc2ccccn2)C(c2ccc(N(C)C)cc2)n2nnnc2N1. The molecule has 9 heteroatoms. The van der Waals surface area contributed by atoms with E-state index in [0.29, 0.717) is 23.0 Å². The highest BCUT2D eigenvalue weighted by molar-refractivity contribution is 6.05. The molecular formula is C19H20N8O. The van der Waals surface area contributed by atoms with Gasteiger partial charge in [-0.2, -0.15) is 4.68 Å². The summed E-state index contributed by atoms with van der Waals surface area (Å²) in [7, 11) is 3.96. The molecule has 1 amide bonds. The Morgan fingerprint density at radius 1 is 1.18 bits per heavy atom. The van der Waals surface area contributed by atoms with Gasteiger partial charge < -0.3 is 15.5 Å². The molecule has 1 unspecified atom stereocenters. The summed E-state index contributed by atoms with van der Waals surface area (Å²) < 4.78 is 1.62. The Labute approximate surface area is 162 Å². The minimum Gasteiger partial charge on any atom is -0.378 e. The van der Waals surface area contributed by atoms with Gasteiger partial charge in [0.05, 0.1) is 5.57 Å². The highest BCUT2D eigenvalue weighted by Gasteiger charge is 2.34. The van der Waals surface area contributed by atoms with Crippen LogP contribution in [0.5, 0.6) is 0 Å². The summed E-state index contributed by atoms with van der Waals surface area (Å²) in [6, 6.07) is 12.9. The van der Waals surface area contributed by atoms with E-state index in [-0.39, 0.29) is 5.91 Å². The second-order valence-corrected chi connectivity index (χ2v) is 6.67. The maximum atomic E-state index is 13.1. The van der Waals surface area contributed by atoms with Crippen molar-refractivity contribution in [3.05, 3.63) is 65.5 Å². The van der Waals surface area contributed by atoms with E-state index < -0.39 is 6.04 Å². The van der Waals surface area contributed by atoms with Gasteiger partial charge in [0.15, 0.2) is 0 Å². The topological polar surface area (TPSA) is 101 Å². The Kier molecular flexibility index (Phi) is 4.48. The Morgan fingerprint density at radius 2 is 1.96 bits per heavy atom. The van der Waals surface area contributed by atoms with Crippen molar-refractivity contribution in [2.75, 3.05) is 29.6 Å². The summed E-state index contributed by atoms with van der Waals surface area (Å²) >= 11 is 0. The molecule has 0 bridgehead atoms. The lowest BCUT2D eigenvalue weighted by atomic mass is 9.95. The van der Waals surface area contributed by atoms with Crippen LogP contribution in [0.25, 0.3) is 0 Å². The molecule has 1 atom stereocenters. The molecule has 4 rings (SSSR count). The molecule has 1 aliphatic rings. The summed E-state index contributed by atoms with van der Waals surface area (Å²) in [6.45, 7) is 1.84. The van der Waals surface area contributed by atoms with Crippen LogP contribution in [0, 0.1) is 0 Å². The quantitative estimate of drug-likeness (QED) is 0.719. The van der Waals surface area contributed by atoms with Crippen molar-refractivity contribution < 1.29 is 4.79 Å². The number of hydrogen-bond donors (Lipinski definition) is 2. The van der Waals surface area contributed by atoms with Crippen molar-refractivity contribution in [3.63, 3.8) is 0 Å². The smallest absolute Gasteiger partial charge is 0.257 e. The predicted molar refractivity (Wildman–Crippen MR) is 106 cm³/mol. The number of aromatic nitrogens is 5. The number of nitrogens with one attached hydrogen (secondary N) is 2. The third-order valence-corrected chi connectivity index (χ3v) is 4.59. The zero-order valence-corrected chi connectivity index (χ0v) is 15.8. The molecule has 0 saturated heterocycles. The van der Waals surface area contributed by atoms with Gasteiger partial charge in [0.2, 0.25) is 5.95 Å². The van der Waals surface area contributed by atoms with Gasteiger partial charge in [0.25, 0.3) is 5.91 Å². The fourth-order valence-electron chi connectivity index (χ4n) is 3.19. The fraction of sp³-hybridized carbons (Fsp3) is 0.211. The minimum absolute atomic E-state index is 0.258. The van der Waals surface area contributed by atoms with Crippen LogP contribution in [0.15, 0.2) is 59.9 Å². The van der Waals surface area contributed by atoms with Crippen LogP contribution in [0.1, 0.15) is 18.5 Å². The molecule has 0 fully saturated rings. The van der Waals surface area contributed by atoms with E-state index in [1.54, 1.807) is 23.0 Å². The standard InChI is InChI=1S/C19H20N8O/c1-12-16(18(28)22-15-6-4-5-11-20-15)17(27-19(21-12)23-24-25-27)13-7-9-14(10-8-13)26(2)3/h4-11,17H,1-3H3,(H,20,22,28)(H,21,23,25). The lowest BCUT2D eigenvalue weighted by Gasteiger charge is -2.28. The van der Waals surface area contributed by atoms with Gasteiger partial charge in [-0.1, -0.05) is 23.3 Å². The largest absolute Gasteiger partial charge is 0.378 e. The molecule has 9 nitrogen and oxygen atoms in total. The van der Waals surface area contributed by atoms with E-state index in [1.165, 1.54) is 0 Å². The van der Waals surface area contributed by atoms with Crippen molar-refractivity contribution >= 4 is 23.4 Å². The van der Waals surface area contributed by atoms with Crippen LogP contribution in [0.2, 0.25) is 0 Å². The van der Waals surface area contributed by atoms with Gasteiger partial charge in [-0.3, -0.25) is 4.79 Å². The Bertz CT molecular complexity index is 1020. The number of nitrogens with zero attached hydrogens (tertiary/aromatic N) is 6. The number of tetrazole rings is 1.